The lowest BCUT2D eigenvalue weighted by Crippen LogP contribution is -2.39. The van der Waals surface area contributed by atoms with Crippen molar-refractivity contribution in [2.75, 3.05) is 6.61 Å². The van der Waals surface area contributed by atoms with Crippen LogP contribution in [0.15, 0.2) is 30.3 Å². The number of esters is 1. The molecule has 1 aromatic carbocycles. The van der Waals surface area contributed by atoms with Crippen LogP contribution in [-0.4, -0.2) is 25.0 Å². The fourth-order valence-corrected chi connectivity index (χ4v) is 1.56. The maximum absolute atomic E-state index is 11.8. The number of unbranched alkanes of at least 4 members (excludes halogenated alkanes) is 1. The summed E-state index contributed by atoms with van der Waals surface area (Å²) in [5.74, 6) is -0.376. The predicted molar refractivity (Wildman–Crippen MR) is 69.0 cm³/mol. The molecular formula is C14H19NO3. The first-order chi connectivity index (χ1) is 8.77. The summed E-state index contributed by atoms with van der Waals surface area (Å²) in [5.41, 5.74) is 0.990. The van der Waals surface area contributed by atoms with E-state index in [9.17, 15) is 9.59 Å². The largest absolute Gasteiger partial charge is 0.464 e. The van der Waals surface area contributed by atoms with Crippen LogP contribution in [0.3, 0.4) is 0 Å². The Kier molecular flexibility index (Phi) is 6.54. The molecule has 1 rings (SSSR count). The third kappa shape index (κ3) is 4.99. The minimum atomic E-state index is -0.609. The van der Waals surface area contributed by atoms with E-state index < -0.39 is 6.04 Å². The molecular weight excluding hydrogens is 230 g/mol. The van der Waals surface area contributed by atoms with Gasteiger partial charge in [0.05, 0.1) is 6.61 Å². The number of benzene rings is 1. The van der Waals surface area contributed by atoms with Crippen molar-refractivity contribution >= 4 is 12.4 Å². The molecule has 18 heavy (non-hydrogen) atoms. The van der Waals surface area contributed by atoms with Crippen molar-refractivity contribution in [2.45, 2.75) is 32.2 Å². The molecule has 0 heterocycles. The second-order valence-corrected chi connectivity index (χ2v) is 4.05. The minimum absolute atomic E-state index is 0.376. The molecule has 0 aliphatic heterocycles. The Morgan fingerprint density at radius 1 is 1.39 bits per heavy atom. The van der Waals surface area contributed by atoms with Gasteiger partial charge in [0.1, 0.15) is 6.04 Å². The Bertz CT molecular complexity index is 365. The summed E-state index contributed by atoms with van der Waals surface area (Å²) in [5, 5.41) is 2.50. The van der Waals surface area contributed by atoms with Gasteiger partial charge >= 0.3 is 5.97 Å². The van der Waals surface area contributed by atoms with Gasteiger partial charge in [0.15, 0.2) is 0 Å². The van der Waals surface area contributed by atoms with Crippen molar-refractivity contribution in [1.29, 1.82) is 0 Å². The molecule has 0 aliphatic rings. The summed E-state index contributed by atoms with van der Waals surface area (Å²) in [4.78, 5) is 22.3. The van der Waals surface area contributed by atoms with E-state index in [1.54, 1.807) is 0 Å². The van der Waals surface area contributed by atoms with Crippen molar-refractivity contribution in [3.63, 3.8) is 0 Å². The molecule has 1 N–H and O–H groups in total. The molecule has 4 heteroatoms. The van der Waals surface area contributed by atoms with Crippen LogP contribution in [0.25, 0.3) is 0 Å². The lowest BCUT2D eigenvalue weighted by molar-refractivity contribution is -0.147. The summed E-state index contributed by atoms with van der Waals surface area (Å²) >= 11 is 0. The molecule has 0 radical (unpaired) electrons. The first-order valence-electron chi connectivity index (χ1n) is 6.18. The minimum Gasteiger partial charge on any atom is -0.464 e. The highest BCUT2D eigenvalue weighted by Gasteiger charge is 2.19. The maximum atomic E-state index is 11.8. The molecule has 4 nitrogen and oxygen atoms in total. The molecule has 0 saturated heterocycles. The Hall–Kier alpha value is -1.84. The van der Waals surface area contributed by atoms with Gasteiger partial charge in [0, 0.05) is 6.42 Å². The summed E-state index contributed by atoms with van der Waals surface area (Å²) < 4.78 is 5.11. The van der Waals surface area contributed by atoms with Crippen LogP contribution in [0.4, 0.5) is 0 Å². The van der Waals surface area contributed by atoms with E-state index in [0.29, 0.717) is 19.4 Å². The maximum Gasteiger partial charge on any atom is 0.328 e. The van der Waals surface area contributed by atoms with E-state index in [-0.39, 0.29) is 5.97 Å². The van der Waals surface area contributed by atoms with Crippen LogP contribution >= 0.6 is 0 Å². The quantitative estimate of drug-likeness (QED) is 0.433. The summed E-state index contributed by atoms with van der Waals surface area (Å²) in [7, 11) is 0. The van der Waals surface area contributed by atoms with E-state index in [1.807, 2.05) is 37.3 Å². The predicted octanol–water partition coefficient (Wildman–Crippen LogP) is 1.69. The number of carbonyl (C=O) groups is 2. The van der Waals surface area contributed by atoms with Gasteiger partial charge in [-0.2, -0.15) is 0 Å². The highest BCUT2D eigenvalue weighted by atomic mass is 16.5. The van der Waals surface area contributed by atoms with E-state index >= 15 is 0 Å². The average molecular weight is 249 g/mol. The molecule has 0 aliphatic carbocycles. The zero-order chi connectivity index (χ0) is 13.2. The van der Waals surface area contributed by atoms with Crippen molar-refractivity contribution in [2.24, 2.45) is 0 Å². The molecule has 0 saturated carbocycles. The first-order valence-corrected chi connectivity index (χ1v) is 6.18. The normalized spacial score (nSPS) is 11.6. The molecule has 0 spiro atoms. The smallest absolute Gasteiger partial charge is 0.328 e. The Balaban J connectivity index is 2.53. The first kappa shape index (κ1) is 14.2. The number of hydrogen-bond donors (Lipinski definition) is 1. The lowest BCUT2D eigenvalue weighted by Gasteiger charge is -2.15. The Morgan fingerprint density at radius 2 is 2.11 bits per heavy atom. The van der Waals surface area contributed by atoms with E-state index in [1.165, 1.54) is 0 Å². The summed E-state index contributed by atoms with van der Waals surface area (Å²) in [6.45, 7) is 2.43. The van der Waals surface area contributed by atoms with Crippen LogP contribution in [-0.2, 0) is 20.7 Å². The molecule has 1 aromatic rings. The van der Waals surface area contributed by atoms with Gasteiger partial charge in [0.25, 0.3) is 0 Å². The number of nitrogens with one attached hydrogen (secondary N) is 1. The van der Waals surface area contributed by atoms with E-state index in [4.69, 9.17) is 4.74 Å². The van der Waals surface area contributed by atoms with Gasteiger partial charge in [-0.1, -0.05) is 43.7 Å². The number of rotatable bonds is 8. The van der Waals surface area contributed by atoms with Crippen molar-refractivity contribution in [1.82, 2.24) is 5.32 Å². The van der Waals surface area contributed by atoms with Crippen molar-refractivity contribution in [3.8, 4) is 0 Å². The van der Waals surface area contributed by atoms with Crippen LogP contribution in [0.1, 0.15) is 25.3 Å². The zero-order valence-electron chi connectivity index (χ0n) is 10.6. The highest BCUT2D eigenvalue weighted by molar-refractivity contribution is 5.78. The number of carbonyl (C=O) groups excluding carboxylic acids is 2. The molecule has 1 amide bonds. The second kappa shape index (κ2) is 8.28. The van der Waals surface area contributed by atoms with Gasteiger partial charge in [-0.3, -0.25) is 4.79 Å². The van der Waals surface area contributed by atoms with Crippen LogP contribution in [0, 0.1) is 0 Å². The van der Waals surface area contributed by atoms with Gasteiger partial charge in [-0.05, 0) is 12.0 Å². The van der Waals surface area contributed by atoms with Crippen LogP contribution < -0.4 is 5.32 Å². The van der Waals surface area contributed by atoms with Gasteiger partial charge in [-0.25, -0.2) is 4.79 Å². The highest BCUT2D eigenvalue weighted by Crippen LogP contribution is 2.04. The monoisotopic (exact) mass is 249 g/mol. The Labute approximate surface area is 107 Å². The fourth-order valence-electron chi connectivity index (χ4n) is 1.56. The fraction of sp³-hybridized carbons (Fsp3) is 0.429. The van der Waals surface area contributed by atoms with Gasteiger partial charge in [-0.15, -0.1) is 0 Å². The number of amides is 1. The lowest BCUT2D eigenvalue weighted by atomic mass is 10.1. The third-order valence-corrected chi connectivity index (χ3v) is 2.58. The van der Waals surface area contributed by atoms with Crippen LogP contribution in [0.5, 0.6) is 0 Å². The molecule has 98 valence electrons. The second-order valence-electron chi connectivity index (χ2n) is 4.05. The zero-order valence-corrected chi connectivity index (χ0v) is 10.6. The molecule has 0 bridgehead atoms. The van der Waals surface area contributed by atoms with Crippen molar-refractivity contribution < 1.29 is 14.3 Å². The molecule has 1 atom stereocenters. The third-order valence-electron chi connectivity index (χ3n) is 2.58. The average Bonchev–Trinajstić information content (AvgIpc) is 2.39. The molecule has 0 unspecified atom stereocenters. The van der Waals surface area contributed by atoms with Gasteiger partial charge < -0.3 is 10.1 Å². The molecule has 0 fully saturated rings. The van der Waals surface area contributed by atoms with Crippen LogP contribution in [0.2, 0.25) is 0 Å². The molecule has 0 aromatic heterocycles. The number of ether oxygens (including phenoxy) is 1. The van der Waals surface area contributed by atoms with Gasteiger partial charge in [0.2, 0.25) is 6.41 Å². The number of hydrogen-bond acceptors (Lipinski definition) is 3. The topological polar surface area (TPSA) is 55.4 Å². The van der Waals surface area contributed by atoms with Crippen molar-refractivity contribution in [3.05, 3.63) is 35.9 Å². The standard InChI is InChI=1S/C14H19NO3/c1-2-3-9-18-14(17)13(15-11-16)10-12-7-5-4-6-8-12/h4-8,11,13H,2-3,9-10H2,1H3,(H,15,16)/t13-/m0/s1. The SMILES string of the molecule is CCCCOC(=O)[C@H](Cc1ccccc1)NC=O. The summed E-state index contributed by atoms with van der Waals surface area (Å²) in [6, 6.07) is 8.93. The summed E-state index contributed by atoms with van der Waals surface area (Å²) in [6.07, 6.45) is 2.79. The Morgan fingerprint density at radius 3 is 2.72 bits per heavy atom. The van der Waals surface area contributed by atoms with E-state index in [0.717, 1.165) is 18.4 Å². The van der Waals surface area contributed by atoms with E-state index in [2.05, 4.69) is 5.32 Å².